The monoisotopic (exact) mass is 285 g/mol. The van der Waals surface area contributed by atoms with Crippen molar-refractivity contribution in [3.63, 3.8) is 0 Å². The van der Waals surface area contributed by atoms with Gasteiger partial charge < -0.3 is 9.73 Å². The minimum absolute atomic E-state index is 0.538. The molecule has 1 aromatic carbocycles. The summed E-state index contributed by atoms with van der Waals surface area (Å²) in [5, 5.41) is 5.40. The van der Waals surface area contributed by atoms with Gasteiger partial charge in [-0.15, -0.1) is 0 Å². The Labute approximate surface area is 117 Å². The number of benzene rings is 1. The molecule has 0 aliphatic rings. The third kappa shape index (κ3) is 2.51. The van der Waals surface area contributed by atoms with Gasteiger partial charge in [0.05, 0.1) is 16.6 Å². The second kappa shape index (κ2) is 5.52. The van der Waals surface area contributed by atoms with E-state index in [9.17, 15) is 0 Å². The third-order valence-corrected chi connectivity index (χ3v) is 3.48. The highest BCUT2D eigenvalue weighted by Crippen LogP contribution is 2.37. The van der Waals surface area contributed by atoms with Gasteiger partial charge in [0, 0.05) is 10.9 Å². The normalized spacial score (nSPS) is 11.7. The van der Waals surface area contributed by atoms with E-state index in [4.69, 9.17) is 27.6 Å². The van der Waals surface area contributed by atoms with Crippen LogP contribution < -0.4 is 5.32 Å². The van der Waals surface area contributed by atoms with Gasteiger partial charge in [-0.2, -0.15) is 0 Å². The van der Waals surface area contributed by atoms with E-state index in [1.54, 1.807) is 6.07 Å². The fourth-order valence-electron chi connectivity index (χ4n) is 2.17. The molecule has 4 heteroatoms. The molecule has 0 aliphatic carbocycles. The van der Waals surface area contributed by atoms with E-state index in [1.165, 1.54) is 5.56 Å². The lowest BCUT2D eigenvalue weighted by Gasteiger charge is -2.06. The van der Waals surface area contributed by atoms with Gasteiger partial charge in [0.25, 0.3) is 0 Å². The topological polar surface area (TPSA) is 25.2 Å². The molecule has 0 radical (unpaired) electrons. The fourth-order valence-corrected chi connectivity index (χ4v) is 2.62. The van der Waals surface area contributed by atoms with Crippen molar-refractivity contribution in [2.75, 3.05) is 7.05 Å². The number of rotatable bonds is 4. The first kappa shape index (κ1) is 13.7. The Bertz CT molecular complexity index is 560. The highest BCUT2D eigenvalue weighted by molar-refractivity contribution is 6.40. The standard InChI is InChI=1S/C14H17Cl2NO/c1-8(2)6-9-12(7-17-3)18-14-11(16)5-4-10(15)13(9)14/h4-5,8,17H,6-7H2,1-3H3. The van der Waals surface area contributed by atoms with Crippen molar-refractivity contribution in [3.8, 4) is 0 Å². The molecule has 0 spiro atoms. The highest BCUT2D eigenvalue weighted by atomic mass is 35.5. The van der Waals surface area contributed by atoms with Crippen LogP contribution >= 0.6 is 23.2 Å². The van der Waals surface area contributed by atoms with Gasteiger partial charge in [0.15, 0.2) is 5.58 Å². The minimum Gasteiger partial charge on any atom is -0.458 e. The Hall–Kier alpha value is -0.700. The van der Waals surface area contributed by atoms with E-state index >= 15 is 0 Å². The van der Waals surface area contributed by atoms with Crippen LogP contribution in [0.4, 0.5) is 0 Å². The first-order valence-corrected chi connectivity index (χ1v) is 6.83. The summed E-state index contributed by atoms with van der Waals surface area (Å²) in [5.41, 5.74) is 1.87. The van der Waals surface area contributed by atoms with Crippen LogP contribution in [0, 0.1) is 5.92 Å². The lowest BCUT2D eigenvalue weighted by atomic mass is 9.99. The van der Waals surface area contributed by atoms with Crippen LogP contribution in [0.3, 0.4) is 0 Å². The number of hydrogen-bond donors (Lipinski definition) is 1. The number of halogens is 2. The lowest BCUT2D eigenvalue weighted by molar-refractivity contribution is 0.516. The molecule has 0 saturated carbocycles. The number of furan rings is 1. The molecular weight excluding hydrogens is 269 g/mol. The van der Waals surface area contributed by atoms with Gasteiger partial charge in [0.2, 0.25) is 0 Å². The van der Waals surface area contributed by atoms with Gasteiger partial charge in [0.1, 0.15) is 5.76 Å². The molecule has 0 saturated heterocycles. The van der Waals surface area contributed by atoms with Gasteiger partial charge in [-0.1, -0.05) is 37.0 Å². The highest BCUT2D eigenvalue weighted by Gasteiger charge is 2.19. The summed E-state index contributed by atoms with van der Waals surface area (Å²) in [5.74, 6) is 1.47. The Balaban J connectivity index is 2.68. The second-order valence-corrected chi connectivity index (χ2v) is 5.68. The predicted molar refractivity (Wildman–Crippen MR) is 77.5 cm³/mol. The van der Waals surface area contributed by atoms with Crippen molar-refractivity contribution in [3.05, 3.63) is 33.5 Å². The average molecular weight is 286 g/mol. The van der Waals surface area contributed by atoms with Crippen LogP contribution in [-0.2, 0) is 13.0 Å². The summed E-state index contributed by atoms with van der Waals surface area (Å²) >= 11 is 12.5. The van der Waals surface area contributed by atoms with Crippen LogP contribution in [0.15, 0.2) is 16.5 Å². The second-order valence-electron chi connectivity index (χ2n) is 4.87. The molecule has 1 N–H and O–H groups in total. The van der Waals surface area contributed by atoms with Crippen LogP contribution in [0.1, 0.15) is 25.2 Å². The summed E-state index contributed by atoms with van der Waals surface area (Å²) in [6.07, 6.45) is 0.935. The zero-order chi connectivity index (χ0) is 13.3. The van der Waals surface area contributed by atoms with E-state index < -0.39 is 0 Å². The first-order valence-electron chi connectivity index (χ1n) is 6.07. The quantitative estimate of drug-likeness (QED) is 0.884. The van der Waals surface area contributed by atoms with Gasteiger partial charge in [-0.25, -0.2) is 0 Å². The first-order chi connectivity index (χ1) is 8.54. The Morgan fingerprint density at radius 2 is 1.89 bits per heavy atom. The largest absolute Gasteiger partial charge is 0.458 e. The molecule has 2 aromatic rings. The molecule has 0 unspecified atom stereocenters. The zero-order valence-corrected chi connectivity index (χ0v) is 12.3. The molecule has 18 heavy (non-hydrogen) atoms. The SMILES string of the molecule is CNCc1oc2c(Cl)ccc(Cl)c2c1CC(C)C. The number of hydrogen-bond acceptors (Lipinski definition) is 2. The Morgan fingerprint density at radius 3 is 2.50 bits per heavy atom. The molecule has 1 heterocycles. The van der Waals surface area contributed by atoms with E-state index in [0.717, 1.165) is 17.6 Å². The molecule has 0 atom stereocenters. The van der Waals surface area contributed by atoms with Crippen molar-refractivity contribution in [2.45, 2.75) is 26.8 Å². The Kier molecular flexibility index (Phi) is 4.21. The average Bonchev–Trinajstić information content (AvgIpc) is 2.64. The van der Waals surface area contributed by atoms with E-state index in [-0.39, 0.29) is 0 Å². The van der Waals surface area contributed by atoms with Crippen molar-refractivity contribution in [1.82, 2.24) is 5.32 Å². The van der Waals surface area contributed by atoms with Crippen LogP contribution in [0.5, 0.6) is 0 Å². The maximum atomic E-state index is 6.29. The molecule has 98 valence electrons. The van der Waals surface area contributed by atoms with Crippen LogP contribution in [0.25, 0.3) is 11.0 Å². The smallest absolute Gasteiger partial charge is 0.154 e. The van der Waals surface area contributed by atoms with Gasteiger partial charge in [-0.3, -0.25) is 0 Å². The van der Waals surface area contributed by atoms with Crippen molar-refractivity contribution >= 4 is 34.2 Å². The van der Waals surface area contributed by atoms with Gasteiger partial charge >= 0.3 is 0 Å². The third-order valence-electron chi connectivity index (χ3n) is 2.87. The molecule has 2 rings (SSSR count). The molecule has 0 aliphatic heterocycles. The summed E-state index contributed by atoms with van der Waals surface area (Å²) in [7, 11) is 1.90. The lowest BCUT2D eigenvalue weighted by Crippen LogP contribution is -2.07. The number of fused-ring (bicyclic) bond motifs is 1. The molecule has 1 aromatic heterocycles. The summed E-state index contributed by atoms with van der Waals surface area (Å²) in [6, 6.07) is 3.60. The minimum atomic E-state index is 0.538. The maximum absolute atomic E-state index is 6.29. The molecule has 2 nitrogen and oxygen atoms in total. The maximum Gasteiger partial charge on any atom is 0.154 e. The van der Waals surface area contributed by atoms with Crippen molar-refractivity contribution in [2.24, 2.45) is 5.92 Å². The van der Waals surface area contributed by atoms with Crippen molar-refractivity contribution in [1.29, 1.82) is 0 Å². The molecular formula is C14H17Cl2NO. The van der Waals surface area contributed by atoms with E-state index in [1.807, 2.05) is 13.1 Å². The predicted octanol–water partition coefficient (Wildman–Crippen LogP) is 4.66. The summed E-state index contributed by atoms with van der Waals surface area (Å²) < 4.78 is 5.87. The van der Waals surface area contributed by atoms with Gasteiger partial charge in [-0.05, 0) is 31.5 Å². The molecule has 0 amide bonds. The molecule has 0 bridgehead atoms. The van der Waals surface area contributed by atoms with Crippen molar-refractivity contribution < 1.29 is 4.42 Å². The van der Waals surface area contributed by atoms with E-state index in [0.29, 0.717) is 28.1 Å². The number of nitrogens with one attached hydrogen (secondary N) is 1. The van der Waals surface area contributed by atoms with E-state index in [2.05, 4.69) is 19.2 Å². The van der Waals surface area contributed by atoms with Crippen LogP contribution in [-0.4, -0.2) is 7.05 Å². The Morgan fingerprint density at radius 1 is 1.22 bits per heavy atom. The zero-order valence-electron chi connectivity index (χ0n) is 10.8. The summed E-state index contributed by atoms with van der Waals surface area (Å²) in [4.78, 5) is 0. The van der Waals surface area contributed by atoms with Crippen LogP contribution in [0.2, 0.25) is 10.0 Å². The fraction of sp³-hybridized carbons (Fsp3) is 0.429. The summed E-state index contributed by atoms with van der Waals surface area (Å²) in [6.45, 7) is 5.05. The molecule has 0 fully saturated rings.